The molecule has 8 heteroatoms. The molecule has 0 aliphatic carbocycles. The van der Waals surface area contributed by atoms with Crippen LogP contribution in [0.4, 0.5) is 10.1 Å². The Morgan fingerprint density at radius 1 is 1.06 bits per heavy atom. The summed E-state index contributed by atoms with van der Waals surface area (Å²) >= 11 is 5.71. The van der Waals surface area contributed by atoms with Crippen LogP contribution in [0.3, 0.4) is 0 Å². The largest absolute Gasteiger partial charge is 0.478 e. The fraction of sp³-hybridized carbons (Fsp3) is 0.148. The number of hydrogen-bond acceptors (Lipinski definition) is 3. The van der Waals surface area contributed by atoms with E-state index in [1.165, 1.54) is 6.07 Å². The number of aromatic nitrogens is 2. The van der Waals surface area contributed by atoms with Crippen molar-refractivity contribution in [1.29, 1.82) is 0 Å². The molecule has 0 radical (unpaired) electrons. The monoisotopic (exact) mass is 486 g/mol. The molecule has 0 spiro atoms. The third kappa shape index (κ3) is 3.95. The highest BCUT2D eigenvalue weighted by Crippen LogP contribution is 2.44. The highest BCUT2D eigenvalue weighted by molar-refractivity contribution is 7.80. The minimum absolute atomic E-state index is 0.225. The number of thiocarbonyl (C=S) groups is 1. The molecule has 0 saturated carbocycles. The van der Waals surface area contributed by atoms with Crippen molar-refractivity contribution in [2.45, 2.75) is 25.9 Å². The van der Waals surface area contributed by atoms with Gasteiger partial charge in [-0.3, -0.25) is 4.98 Å². The van der Waals surface area contributed by atoms with Crippen LogP contribution in [0.2, 0.25) is 0 Å². The van der Waals surface area contributed by atoms with Crippen LogP contribution in [-0.4, -0.2) is 25.7 Å². The van der Waals surface area contributed by atoms with Gasteiger partial charge in [-0.25, -0.2) is 9.18 Å². The summed E-state index contributed by atoms with van der Waals surface area (Å²) in [6.45, 7) is 4.00. The van der Waals surface area contributed by atoms with Crippen LogP contribution in [0, 0.1) is 19.7 Å². The molecule has 35 heavy (non-hydrogen) atoms. The van der Waals surface area contributed by atoms with Crippen LogP contribution < -0.4 is 10.2 Å². The Labute approximate surface area is 207 Å². The average Bonchev–Trinajstić information content (AvgIpc) is 3.35. The van der Waals surface area contributed by atoms with Crippen molar-refractivity contribution in [2.75, 3.05) is 4.90 Å². The van der Waals surface area contributed by atoms with Gasteiger partial charge < -0.3 is 19.9 Å². The normalized spacial score (nSPS) is 17.5. The quantitative estimate of drug-likeness (QED) is 0.363. The van der Waals surface area contributed by atoms with E-state index in [0.29, 0.717) is 10.8 Å². The average molecular weight is 487 g/mol. The lowest BCUT2D eigenvalue weighted by molar-refractivity contribution is 0.0697. The van der Waals surface area contributed by atoms with Gasteiger partial charge in [0.1, 0.15) is 5.82 Å². The molecular formula is C27H23FN4O2S. The Morgan fingerprint density at radius 3 is 2.43 bits per heavy atom. The van der Waals surface area contributed by atoms with Crippen LogP contribution in [0.1, 0.15) is 45.1 Å². The number of hydrogen-bond donors (Lipinski definition) is 2. The summed E-state index contributed by atoms with van der Waals surface area (Å²) in [4.78, 5) is 17.7. The third-order valence-corrected chi connectivity index (χ3v) is 6.69. The molecule has 2 N–H and O–H groups in total. The minimum atomic E-state index is -0.970. The second-order valence-corrected chi connectivity index (χ2v) is 8.85. The van der Waals surface area contributed by atoms with Gasteiger partial charge in [-0.1, -0.05) is 18.2 Å². The second-order valence-electron chi connectivity index (χ2n) is 8.46. The first kappa shape index (κ1) is 22.7. The number of aryl methyl sites for hydroxylation is 1. The van der Waals surface area contributed by atoms with Crippen LogP contribution in [0.5, 0.6) is 0 Å². The highest BCUT2D eigenvalue weighted by atomic mass is 32.1. The van der Waals surface area contributed by atoms with Crippen molar-refractivity contribution in [3.05, 3.63) is 113 Å². The molecule has 2 aromatic heterocycles. The number of carbonyl (C=O) groups is 1. The lowest BCUT2D eigenvalue weighted by atomic mass is 9.96. The van der Waals surface area contributed by atoms with E-state index in [4.69, 9.17) is 12.2 Å². The van der Waals surface area contributed by atoms with E-state index in [9.17, 15) is 14.3 Å². The highest BCUT2D eigenvalue weighted by Gasteiger charge is 2.43. The number of carboxylic acids is 1. The fourth-order valence-electron chi connectivity index (χ4n) is 4.81. The SMILES string of the molecule is Cc1cc([C@@H]2[C@@H](c3ccccn3)NC(=S)N2c2ccccc2F)c(C)n1-c1ccc(C(=O)O)cc1. The lowest BCUT2D eigenvalue weighted by Crippen LogP contribution is -2.30. The number of nitrogens with zero attached hydrogens (tertiary/aromatic N) is 3. The van der Waals surface area contributed by atoms with Gasteiger partial charge in [0.25, 0.3) is 0 Å². The summed E-state index contributed by atoms with van der Waals surface area (Å²) < 4.78 is 17.1. The van der Waals surface area contributed by atoms with Crippen LogP contribution >= 0.6 is 12.2 Å². The summed E-state index contributed by atoms with van der Waals surface area (Å²) in [5.74, 6) is -1.33. The van der Waals surface area contributed by atoms with Crippen molar-refractivity contribution in [2.24, 2.45) is 0 Å². The Bertz CT molecular complexity index is 1420. The van der Waals surface area contributed by atoms with E-state index < -0.39 is 5.97 Å². The maximum Gasteiger partial charge on any atom is 0.335 e. The zero-order valence-corrected chi connectivity index (χ0v) is 20.0. The van der Waals surface area contributed by atoms with E-state index in [1.54, 1.807) is 48.7 Å². The first-order valence-corrected chi connectivity index (χ1v) is 11.6. The van der Waals surface area contributed by atoms with Crippen molar-refractivity contribution in [3.63, 3.8) is 0 Å². The molecule has 3 heterocycles. The van der Waals surface area contributed by atoms with E-state index in [2.05, 4.69) is 20.9 Å². The second kappa shape index (κ2) is 8.96. The topological polar surface area (TPSA) is 70.4 Å². The molecule has 2 atom stereocenters. The standard InChI is InChI=1S/C27H23FN4O2S/c1-16-15-20(17(2)31(16)19-12-10-18(11-13-19)26(33)34)25-24(22-8-5-6-14-29-22)30-27(35)32(25)23-9-4-3-7-21(23)28/h3-15,24-25H,1-2H3,(H,30,35)(H,33,34)/t24-,25-/m1/s1. The molecule has 0 bridgehead atoms. The summed E-state index contributed by atoms with van der Waals surface area (Å²) in [5.41, 5.74) is 5.14. The van der Waals surface area contributed by atoms with E-state index >= 15 is 0 Å². The molecule has 6 nitrogen and oxygen atoms in total. The van der Waals surface area contributed by atoms with Gasteiger partial charge in [-0.2, -0.15) is 0 Å². The molecule has 5 rings (SSSR count). The van der Waals surface area contributed by atoms with Gasteiger partial charge in [0.05, 0.1) is 29.0 Å². The molecule has 4 aromatic rings. The van der Waals surface area contributed by atoms with Crippen molar-refractivity contribution >= 4 is 29.0 Å². The Kier molecular flexibility index (Phi) is 5.82. The Balaban J connectivity index is 1.67. The van der Waals surface area contributed by atoms with Crippen molar-refractivity contribution in [3.8, 4) is 5.69 Å². The maximum absolute atomic E-state index is 15.0. The lowest BCUT2D eigenvalue weighted by Gasteiger charge is -2.28. The molecule has 0 amide bonds. The molecule has 1 fully saturated rings. The number of carboxylic acid groups (broad SMARTS) is 1. The third-order valence-electron chi connectivity index (χ3n) is 6.37. The van der Waals surface area contributed by atoms with Crippen LogP contribution in [0.15, 0.2) is 79.0 Å². The van der Waals surface area contributed by atoms with Crippen LogP contribution in [-0.2, 0) is 0 Å². The number of para-hydroxylation sites is 1. The molecule has 0 unspecified atom stereocenters. The number of pyridine rings is 1. The summed E-state index contributed by atoms with van der Waals surface area (Å²) in [6, 6.07) is 20.5. The molecular weight excluding hydrogens is 463 g/mol. The van der Waals surface area contributed by atoms with Gasteiger partial charge in [0.2, 0.25) is 0 Å². The summed E-state index contributed by atoms with van der Waals surface area (Å²) in [5, 5.41) is 13.0. The summed E-state index contributed by atoms with van der Waals surface area (Å²) in [6.07, 6.45) is 1.73. The van der Waals surface area contributed by atoms with E-state index in [0.717, 1.165) is 28.3 Å². The molecule has 2 aromatic carbocycles. The van der Waals surface area contributed by atoms with Crippen LogP contribution in [0.25, 0.3) is 5.69 Å². The first-order valence-electron chi connectivity index (χ1n) is 11.1. The van der Waals surface area contributed by atoms with Gasteiger partial charge in [-0.05, 0) is 86.2 Å². The predicted molar refractivity (Wildman–Crippen MR) is 137 cm³/mol. The molecule has 1 aliphatic heterocycles. The minimum Gasteiger partial charge on any atom is -0.478 e. The predicted octanol–water partition coefficient (Wildman–Crippen LogP) is 5.50. The molecule has 1 aliphatic rings. The van der Waals surface area contributed by atoms with Crippen molar-refractivity contribution < 1.29 is 14.3 Å². The number of halogens is 1. The number of benzene rings is 2. The van der Waals surface area contributed by atoms with Gasteiger partial charge in [-0.15, -0.1) is 0 Å². The fourth-order valence-corrected chi connectivity index (χ4v) is 5.15. The van der Waals surface area contributed by atoms with Gasteiger partial charge in [0, 0.05) is 23.3 Å². The maximum atomic E-state index is 15.0. The van der Waals surface area contributed by atoms with Gasteiger partial charge >= 0.3 is 5.97 Å². The van der Waals surface area contributed by atoms with E-state index in [-0.39, 0.29) is 23.5 Å². The zero-order valence-electron chi connectivity index (χ0n) is 19.1. The smallest absolute Gasteiger partial charge is 0.335 e. The number of anilines is 1. The van der Waals surface area contributed by atoms with Crippen molar-refractivity contribution in [1.82, 2.24) is 14.9 Å². The Hall–Kier alpha value is -4.04. The van der Waals surface area contributed by atoms with Gasteiger partial charge in [0.15, 0.2) is 5.11 Å². The summed E-state index contributed by atoms with van der Waals surface area (Å²) in [7, 11) is 0. The zero-order chi connectivity index (χ0) is 24.7. The number of rotatable bonds is 5. The molecule has 1 saturated heterocycles. The first-order chi connectivity index (χ1) is 16.9. The number of nitrogens with one attached hydrogen (secondary N) is 1. The Morgan fingerprint density at radius 2 is 1.77 bits per heavy atom. The molecule has 176 valence electrons. The number of aromatic carboxylic acids is 1. The van der Waals surface area contributed by atoms with E-state index in [1.807, 2.05) is 36.9 Å².